The van der Waals surface area contributed by atoms with Crippen LogP contribution < -0.4 is 5.32 Å². The average molecular weight is 349 g/mol. The number of unbranched alkanes of at least 4 members (excludes halogenated alkanes) is 1. The van der Waals surface area contributed by atoms with Gasteiger partial charge < -0.3 is 19.5 Å². The minimum atomic E-state index is -0.437. The molecule has 5 heteroatoms. The zero-order valence-corrected chi connectivity index (χ0v) is 15.6. The van der Waals surface area contributed by atoms with Crippen LogP contribution in [0, 0.1) is 12.3 Å². The van der Waals surface area contributed by atoms with E-state index >= 15 is 0 Å². The van der Waals surface area contributed by atoms with E-state index in [4.69, 9.17) is 20.6 Å². The molecule has 0 aromatic carbocycles. The standard InChI is InChI=1S/C20H31NO4/c1-4-6-13-24-14-15-25-20(22)19(5-2)17-9-7-10-18(16-17)21-11-8-12-23-3/h2,16,21H,4,6-15H2,1,3H3/b19-17-. The largest absolute Gasteiger partial charge is 0.459 e. The van der Waals surface area contributed by atoms with Crippen molar-refractivity contribution in [3.63, 3.8) is 0 Å². The van der Waals surface area contributed by atoms with Crippen LogP contribution in [0.15, 0.2) is 22.9 Å². The van der Waals surface area contributed by atoms with Crippen LogP contribution >= 0.6 is 0 Å². The van der Waals surface area contributed by atoms with E-state index in [-0.39, 0.29) is 6.61 Å². The van der Waals surface area contributed by atoms with Gasteiger partial charge >= 0.3 is 5.97 Å². The molecule has 0 fully saturated rings. The Morgan fingerprint density at radius 3 is 2.80 bits per heavy atom. The van der Waals surface area contributed by atoms with Gasteiger partial charge in [0.1, 0.15) is 12.2 Å². The smallest absolute Gasteiger partial charge is 0.347 e. The second-order valence-electron chi connectivity index (χ2n) is 5.94. The summed E-state index contributed by atoms with van der Waals surface area (Å²) >= 11 is 0. The average Bonchev–Trinajstić information content (AvgIpc) is 2.63. The van der Waals surface area contributed by atoms with E-state index in [9.17, 15) is 4.79 Å². The molecule has 140 valence electrons. The van der Waals surface area contributed by atoms with Gasteiger partial charge in [-0.05, 0) is 43.8 Å². The minimum Gasteiger partial charge on any atom is -0.459 e. The van der Waals surface area contributed by atoms with Crippen molar-refractivity contribution < 1.29 is 19.0 Å². The maximum absolute atomic E-state index is 12.2. The SMILES string of the molecule is C#C/C(C(=O)OCCOCCCC)=C1/C=C(NCCCOC)CCC1. The number of methoxy groups -OCH3 is 1. The highest BCUT2D eigenvalue weighted by Crippen LogP contribution is 2.24. The molecule has 5 nitrogen and oxygen atoms in total. The van der Waals surface area contributed by atoms with E-state index in [0.717, 1.165) is 62.9 Å². The Balaban J connectivity index is 2.53. The summed E-state index contributed by atoms with van der Waals surface area (Å²) in [7, 11) is 1.69. The van der Waals surface area contributed by atoms with Crippen LogP contribution in [0.4, 0.5) is 0 Å². The predicted molar refractivity (Wildman–Crippen MR) is 99.0 cm³/mol. The summed E-state index contributed by atoms with van der Waals surface area (Å²) in [6, 6.07) is 0. The van der Waals surface area contributed by atoms with Crippen LogP contribution in [0.2, 0.25) is 0 Å². The fourth-order valence-electron chi connectivity index (χ4n) is 2.52. The summed E-state index contributed by atoms with van der Waals surface area (Å²) in [5.41, 5.74) is 2.31. The fraction of sp³-hybridized carbons (Fsp3) is 0.650. The summed E-state index contributed by atoms with van der Waals surface area (Å²) in [5.74, 6) is 2.07. The van der Waals surface area contributed by atoms with Gasteiger partial charge in [0.25, 0.3) is 0 Å². The summed E-state index contributed by atoms with van der Waals surface area (Å²) in [6.45, 7) is 5.00. The van der Waals surface area contributed by atoms with Gasteiger partial charge in [-0.25, -0.2) is 4.79 Å². The lowest BCUT2D eigenvalue weighted by molar-refractivity contribution is -0.140. The third-order valence-electron chi connectivity index (χ3n) is 3.89. The van der Waals surface area contributed by atoms with E-state index in [1.807, 2.05) is 6.08 Å². The van der Waals surface area contributed by atoms with Crippen molar-refractivity contribution >= 4 is 5.97 Å². The number of carbonyl (C=O) groups excluding carboxylic acids is 1. The third-order valence-corrected chi connectivity index (χ3v) is 3.89. The molecule has 0 radical (unpaired) electrons. The van der Waals surface area contributed by atoms with Crippen LogP contribution in [-0.2, 0) is 19.0 Å². The zero-order valence-electron chi connectivity index (χ0n) is 15.6. The van der Waals surface area contributed by atoms with Crippen LogP contribution in [0.25, 0.3) is 0 Å². The molecule has 1 aliphatic rings. The summed E-state index contributed by atoms with van der Waals surface area (Å²) in [5, 5.41) is 3.38. The maximum atomic E-state index is 12.2. The Morgan fingerprint density at radius 2 is 2.08 bits per heavy atom. The lowest BCUT2D eigenvalue weighted by Crippen LogP contribution is -2.19. The number of ether oxygens (including phenoxy) is 3. The summed E-state index contributed by atoms with van der Waals surface area (Å²) < 4.78 is 15.7. The molecule has 0 atom stereocenters. The number of hydrogen-bond acceptors (Lipinski definition) is 5. The van der Waals surface area contributed by atoms with Crippen LogP contribution in [0.1, 0.15) is 45.4 Å². The highest BCUT2D eigenvalue weighted by molar-refractivity contribution is 5.94. The third kappa shape index (κ3) is 8.76. The Hall–Kier alpha value is -1.77. The first-order chi connectivity index (χ1) is 12.2. The lowest BCUT2D eigenvalue weighted by Gasteiger charge is -2.18. The van der Waals surface area contributed by atoms with Crippen molar-refractivity contribution in [2.75, 3.05) is 40.1 Å². The summed E-state index contributed by atoms with van der Waals surface area (Å²) in [4.78, 5) is 12.2. The molecule has 0 amide bonds. The first-order valence-corrected chi connectivity index (χ1v) is 9.10. The van der Waals surface area contributed by atoms with Crippen molar-refractivity contribution in [2.45, 2.75) is 45.4 Å². The van der Waals surface area contributed by atoms with E-state index in [0.29, 0.717) is 18.8 Å². The second-order valence-corrected chi connectivity index (χ2v) is 5.94. The molecule has 0 aromatic heterocycles. The Labute approximate surface area is 151 Å². The van der Waals surface area contributed by atoms with Gasteiger partial charge in [0, 0.05) is 32.6 Å². The monoisotopic (exact) mass is 349 g/mol. The maximum Gasteiger partial charge on any atom is 0.347 e. The number of esters is 1. The van der Waals surface area contributed by atoms with Crippen molar-refractivity contribution in [3.8, 4) is 12.3 Å². The van der Waals surface area contributed by atoms with Gasteiger partial charge in [0.05, 0.1) is 6.61 Å². The molecule has 0 aromatic rings. The van der Waals surface area contributed by atoms with Crippen molar-refractivity contribution in [2.24, 2.45) is 0 Å². The molecule has 0 saturated carbocycles. The van der Waals surface area contributed by atoms with Gasteiger partial charge in [0.2, 0.25) is 0 Å². The van der Waals surface area contributed by atoms with Crippen LogP contribution in [-0.4, -0.2) is 46.1 Å². The quantitative estimate of drug-likeness (QED) is 0.254. The molecule has 0 bridgehead atoms. The molecule has 0 heterocycles. The second kappa shape index (κ2) is 13.5. The fourth-order valence-corrected chi connectivity index (χ4v) is 2.52. The predicted octanol–water partition coefficient (Wildman–Crippen LogP) is 2.97. The normalized spacial score (nSPS) is 16.0. The highest BCUT2D eigenvalue weighted by Gasteiger charge is 2.17. The lowest BCUT2D eigenvalue weighted by atomic mass is 9.95. The van der Waals surface area contributed by atoms with E-state index in [1.54, 1.807) is 7.11 Å². The Bertz CT molecular complexity index is 502. The molecular weight excluding hydrogens is 318 g/mol. The van der Waals surface area contributed by atoms with Crippen molar-refractivity contribution in [3.05, 3.63) is 22.9 Å². The first-order valence-electron chi connectivity index (χ1n) is 9.10. The molecular formula is C20H31NO4. The number of terminal acetylenes is 1. The van der Waals surface area contributed by atoms with E-state index in [1.165, 1.54) is 0 Å². The Morgan fingerprint density at radius 1 is 1.24 bits per heavy atom. The minimum absolute atomic E-state index is 0.229. The molecule has 1 rings (SSSR count). The van der Waals surface area contributed by atoms with Crippen molar-refractivity contribution in [1.82, 2.24) is 5.32 Å². The highest BCUT2D eigenvalue weighted by atomic mass is 16.6. The van der Waals surface area contributed by atoms with Gasteiger partial charge in [-0.15, -0.1) is 6.42 Å². The summed E-state index contributed by atoms with van der Waals surface area (Å²) in [6.07, 6.45) is 13.3. The van der Waals surface area contributed by atoms with Gasteiger partial charge in [0.15, 0.2) is 0 Å². The topological polar surface area (TPSA) is 56.8 Å². The zero-order chi connectivity index (χ0) is 18.3. The first kappa shape index (κ1) is 21.3. The number of rotatable bonds is 12. The number of allylic oxidation sites excluding steroid dienone is 3. The van der Waals surface area contributed by atoms with Gasteiger partial charge in [-0.1, -0.05) is 19.3 Å². The molecule has 1 N–H and O–H groups in total. The van der Waals surface area contributed by atoms with Crippen molar-refractivity contribution in [1.29, 1.82) is 0 Å². The van der Waals surface area contributed by atoms with E-state index in [2.05, 4.69) is 18.2 Å². The van der Waals surface area contributed by atoms with E-state index < -0.39 is 5.97 Å². The van der Waals surface area contributed by atoms with Crippen LogP contribution in [0.5, 0.6) is 0 Å². The molecule has 0 saturated heterocycles. The molecule has 25 heavy (non-hydrogen) atoms. The molecule has 0 aliphatic heterocycles. The van der Waals surface area contributed by atoms with Crippen LogP contribution in [0.3, 0.4) is 0 Å². The molecule has 0 unspecified atom stereocenters. The number of hydrogen-bond donors (Lipinski definition) is 1. The van der Waals surface area contributed by atoms with Gasteiger partial charge in [-0.2, -0.15) is 0 Å². The molecule has 1 aliphatic carbocycles. The Kier molecular flexibility index (Phi) is 11.5. The molecule has 0 spiro atoms. The number of carbonyl (C=O) groups is 1. The number of nitrogens with one attached hydrogen (secondary N) is 1. The van der Waals surface area contributed by atoms with Gasteiger partial charge in [-0.3, -0.25) is 0 Å².